The van der Waals surface area contributed by atoms with E-state index in [9.17, 15) is 4.79 Å². The van der Waals surface area contributed by atoms with Crippen LogP contribution in [0.5, 0.6) is 0 Å². The van der Waals surface area contributed by atoms with E-state index in [0.717, 1.165) is 27.4 Å². The zero-order valence-corrected chi connectivity index (χ0v) is 12.5. The second kappa shape index (κ2) is 5.04. The highest BCUT2D eigenvalue weighted by molar-refractivity contribution is 6.31. The second-order valence-corrected chi connectivity index (χ2v) is 5.75. The van der Waals surface area contributed by atoms with Crippen molar-refractivity contribution in [1.29, 1.82) is 0 Å². The summed E-state index contributed by atoms with van der Waals surface area (Å²) >= 11 is 6.00. The lowest BCUT2D eigenvalue weighted by molar-refractivity contribution is 0.0975. The lowest BCUT2D eigenvalue weighted by Crippen LogP contribution is -2.09. The maximum atomic E-state index is 12.6. The van der Waals surface area contributed by atoms with E-state index in [1.807, 2.05) is 59.3 Å². The summed E-state index contributed by atoms with van der Waals surface area (Å²) in [5, 5.41) is 2.71. The summed E-state index contributed by atoms with van der Waals surface area (Å²) in [6.45, 7) is 0.312. The highest BCUT2D eigenvalue weighted by Crippen LogP contribution is 2.22. The van der Waals surface area contributed by atoms with Crippen LogP contribution in [0.1, 0.15) is 10.4 Å². The van der Waals surface area contributed by atoms with Gasteiger partial charge in [-0.15, -0.1) is 0 Å². The van der Waals surface area contributed by atoms with E-state index < -0.39 is 0 Å². The summed E-state index contributed by atoms with van der Waals surface area (Å²) in [5.41, 5.74) is 2.72. The number of para-hydroxylation sites is 1. The van der Waals surface area contributed by atoms with E-state index in [1.165, 1.54) is 0 Å². The first-order valence-electron chi connectivity index (χ1n) is 7.06. The lowest BCUT2D eigenvalue weighted by Gasteiger charge is -2.04. The molecule has 0 fully saturated rings. The van der Waals surface area contributed by atoms with Gasteiger partial charge in [-0.1, -0.05) is 29.8 Å². The molecule has 0 unspecified atom stereocenters. The largest absolute Gasteiger partial charge is 0.360 e. The monoisotopic (exact) mass is 308 g/mol. The summed E-state index contributed by atoms with van der Waals surface area (Å²) in [6, 6.07) is 15.5. The summed E-state index contributed by atoms with van der Waals surface area (Å²) in [7, 11) is 0. The van der Waals surface area contributed by atoms with Crippen molar-refractivity contribution in [2.45, 2.75) is 6.54 Å². The average Bonchev–Trinajstić information content (AvgIpc) is 3.11. The van der Waals surface area contributed by atoms with Crippen LogP contribution < -0.4 is 0 Å². The van der Waals surface area contributed by atoms with Gasteiger partial charge in [-0.25, -0.2) is 0 Å². The summed E-state index contributed by atoms with van der Waals surface area (Å²) in [6.07, 6.45) is 3.71. The number of halogens is 1. The van der Waals surface area contributed by atoms with Gasteiger partial charge in [0.15, 0.2) is 5.78 Å². The van der Waals surface area contributed by atoms with Gasteiger partial charge < -0.3 is 9.55 Å². The molecule has 0 aliphatic carbocycles. The number of hydrogen-bond donors (Lipinski definition) is 1. The Hall–Kier alpha value is -2.52. The topological polar surface area (TPSA) is 37.8 Å². The fourth-order valence-electron chi connectivity index (χ4n) is 2.85. The van der Waals surface area contributed by atoms with Gasteiger partial charge >= 0.3 is 0 Å². The number of carbonyl (C=O) groups is 1. The SMILES string of the molecule is O=C(Cn1ccc2cc(Cl)ccc21)c1c[nH]c2ccccc12. The molecular weight excluding hydrogens is 296 g/mol. The Morgan fingerprint density at radius 1 is 1.14 bits per heavy atom. The zero-order valence-electron chi connectivity index (χ0n) is 11.7. The molecule has 2 aromatic carbocycles. The third kappa shape index (κ3) is 2.11. The minimum absolute atomic E-state index is 0.0879. The number of Topliss-reactive ketones (excluding diaryl/α,β-unsaturated/α-hetero) is 1. The van der Waals surface area contributed by atoms with Crippen molar-refractivity contribution >= 4 is 39.2 Å². The van der Waals surface area contributed by atoms with Gasteiger partial charge in [-0.3, -0.25) is 4.79 Å². The maximum Gasteiger partial charge on any atom is 0.184 e. The van der Waals surface area contributed by atoms with Crippen LogP contribution in [-0.4, -0.2) is 15.3 Å². The summed E-state index contributed by atoms with van der Waals surface area (Å²) in [4.78, 5) is 15.8. The zero-order chi connectivity index (χ0) is 15.1. The third-order valence-corrected chi connectivity index (χ3v) is 4.17. The number of nitrogens with zero attached hydrogens (tertiary/aromatic N) is 1. The van der Waals surface area contributed by atoms with Crippen molar-refractivity contribution in [2.24, 2.45) is 0 Å². The molecule has 4 heteroatoms. The molecule has 108 valence electrons. The lowest BCUT2D eigenvalue weighted by atomic mass is 10.1. The molecule has 0 radical (unpaired) electrons. The first-order chi connectivity index (χ1) is 10.7. The van der Waals surface area contributed by atoms with Crippen molar-refractivity contribution in [1.82, 2.24) is 9.55 Å². The number of hydrogen-bond acceptors (Lipinski definition) is 1. The number of benzene rings is 2. The van der Waals surface area contributed by atoms with E-state index in [0.29, 0.717) is 11.6 Å². The van der Waals surface area contributed by atoms with Gasteiger partial charge in [-0.2, -0.15) is 0 Å². The predicted octanol–water partition coefficient (Wildman–Crippen LogP) is 4.66. The number of rotatable bonds is 3. The van der Waals surface area contributed by atoms with E-state index >= 15 is 0 Å². The van der Waals surface area contributed by atoms with Crippen LogP contribution in [0.25, 0.3) is 21.8 Å². The molecule has 0 spiro atoms. The van der Waals surface area contributed by atoms with E-state index in [2.05, 4.69) is 4.98 Å². The number of ketones is 1. The van der Waals surface area contributed by atoms with Crippen molar-refractivity contribution in [3.05, 3.63) is 71.5 Å². The van der Waals surface area contributed by atoms with Crippen molar-refractivity contribution < 1.29 is 4.79 Å². The Morgan fingerprint density at radius 2 is 2.00 bits per heavy atom. The van der Waals surface area contributed by atoms with Crippen LogP contribution in [0.3, 0.4) is 0 Å². The normalized spacial score (nSPS) is 11.3. The Kier molecular flexibility index (Phi) is 3.01. The molecule has 4 aromatic rings. The Morgan fingerprint density at radius 3 is 2.91 bits per heavy atom. The summed E-state index contributed by atoms with van der Waals surface area (Å²) in [5.74, 6) is 0.0879. The molecule has 0 amide bonds. The van der Waals surface area contributed by atoms with E-state index in [1.54, 1.807) is 6.20 Å². The number of carbonyl (C=O) groups excluding carboxylic acids is 1. The fourth-order valence-corrected chi connectivity index (χ4v) is 3.03. The van der Waals surface area contributed by atoms with Crippen LogP contribution in [0.2, 0.25) is 5.02 Å². The molecular formula is C18H13ClN2O. The van der Waals surface area contributed by atoms with Crippen molar-refractivity contribution in [3.8, 4) is 0 Å². The average molecular weight is 309 g/mol. The van der Waals surface area contributed by atoms with Crippen LogP contribution in [-0.2, 0) is 6.54 Å². The standard InChI is InChI=1S/C18H13ClN2O/c19-13-5-6-17-12(9-13)7-8-21(17)11-18(22)15-10-20-16-4-2-1-3-14(15)16/h1-10,20H,11H2. The minimum atomic E-state index is 0.0879. The van der Waals surface area contributed by atoms with Gasteiger partial charge in [0, 0.05) is 44.8 Å². The van der Waals surface area contributed by atoms with E-state index in [4.69, 9.17) is 11.6 Å². The number of aromatic amines is 1. The molecule has 22 heavy (non-hydrogen) atoms. The van der Waals surface area contributed by atoms with Crippen LogP contribution in [0, 0.1) is 0 Å². The number of H-pyrrole nitrogens is 1. The molecule has 0 atom stereocenters. The molecule has 0 aliphatic heterocycles. The van der Waals surface area contributed by atoms with Gasteiger partial charge in [0.05, 0.1) is 6.54 Å². The molecule has 3 nitrogen and oxygen atoms in total. The molecule has 0 bridgehead atoms. The first kappa shape index (κ1) is 13.2. The van der Waals surface area contributed by atoms with Crippen molar-refractivity contribution in [3.63, 3.8) is 0 Å². The van der Waals surface area contributed by atoms with Crippen molar-refractivity contribution in [2.75, 3.05) is 0 Å². The smallest absolute Gasteiger partial charge is 0.184 e. The fraction of sp³-hybridized carbons (Fsp3) is 0.0556. The molecule has 1 N–H and O–H groups in total. The quantitative estimate of drug-likeness (QED) is 0.549. The van der Waals surface area contributed by atoms with Gasteiger partial charge in [0.25, 0.3) is 0 Å². The Bertz CT molecular complexity index is 997. The summed E-state index contributed by atoms with van der Waals surface area (Å²) < 4.78 is 1.95. The van der Waals surface area contributed by atoms with Crippen LogP contribution >= 0.6 is 11.6 Å². The number of fused-ring (bicyclic) bond motifs is 2. The highest BCUT2D eigenvalue weighted by atomic mass is 35.5. The second-order valence-electron chi connectivity index (χ2n) is 5.32. The van der Waals surface area contributed by atoms with Crippen LogP contribution in [0.4, 0.5) is 0 Å². The molecule has 0 aliphatic rings. The maximum absolute atomic E-state index is 12.6. The third-order valence-electron chi connectivity index (χ3n) is 3.94. The van der Waals surface area contributed by atoms with Gasteiger partial charge in [0.2, 0.25) is 0 Å². The Balaban J connectivity index is 1.71. The van der Waals surface area contributed by atoms with Crippen LogP contribution in [0.15, 0.2) is 60.9 Å². The molecule has 0 saturated heterocycles. The predicted molar refractivity (Wildman–Crippen MR) is 89.6 cm³/mol. The van der Waals surface area contributed by atoms with Gasteiger partial charge in [0.1, 0.15) is 0 Å². The first-order valence-corrected chi connectivity index (χ1v) is 7.44. The molecule has 0 saturated carbocycles. The molecule has 4 rings (SSSR count). The van der Waals surface area contributed by atoms with E-state index in [-0.39, 0.29) is 5.78 Å². The van der Waals surface area contributed by atoms with Gasteiger partial charge in [-0.05, 0) is 30.3 Å². The molecule has 2 heterocycles. The highest BCUT2D eigenvalue weighted by Gasteiger charge is 2.13. The Labute approximate surface area is 132 Å². The number of aromatic nitrogens is 2. The minimum Gasteiger partial charge on any atom is -0.360 e. The number of nitrogens with one attached hydrogen (secondary N) is 1. The molecule has 2 aromatic heterocycles.